The summed E-state index contributed by atoms with van der Waals surface area (Å²) in [5.74, 6) is 0. The van der Waals surface area contributed by atoms with Crippen LogP contribution in [0.15, 0.2) is 0 Å². The Morgan fingerprint density at radius 3 is 2.15 bits per heavy atom. The summed E-state index contributed by atoms with van der Waals surface area (Å²) in [6, 6.07) is 0. The van der Waals surface area contributed by atoms with E-state index in [9.17, 15) is 0 Å². The molecule has 0 atom stereocenters. The summed E-state index contributed by atoms with van der Waals surface area (Å²) in [4.78, 5) is 2.77. The van der Waals surface area contributed by atoms with E-state index in [1.807, 2.05) is 0 Å². The minimum absolute atomic E-state index is 0.479. The Labute approximate surface area is 82.5 Å². The molecule has 1 aliphatic heterocycles. The van der Waals surface area contributed by atoms with Crippen molar-refractivity contribution in [2.24, 2.45) is 5.41 Å². The first-order valence-corrected chi connectivity index (χ1v) is 5.77. The Morgan fingerprint density at radius 1 is 1.08 bits per heavy atom. The number of likely N-dealkylation sites (tertiary alicyclic amines) is 1. The van der Waals surface area contributed by atoms with Crippen LogP contribution in [-0.2, 0) is 0 Å². The van der Waals surface area contributed by atoms with Crippen LogP contribution in [0.25, 0.3) is 0 Å². The van der Waals surface area contributed by atoms with Crippen molar-refractivity contribution < 1.29 is 0 Å². The highest BCUT2D eigenvalue weighted by Gasteiger charge is 2.45. The van der Waals surface area contributed by atoms with E-state index in [4.69, 9.17) is 0 Å². The summed E-state index contributed by atoms with van der Waals surface area (Å²) in [7, 11) is 0. The Morgan fingerprint density at radius 2 is 1.69 bits per heavy atom. The first kappa shape index (κ1) is 9.51. The summed E-state index contributed by atoms with van der Waals surface area (Å²) >= 11 is 0. The second kappa shape index (κ2) is 2.98. The largest absolute Gasteiger partial charge is 0.297 e. The highest BCUT2D eigenvalue weighted by atomic mass is 15.2. The van der Waals surface area contributed by atoms with Gasteiger partial charge in [0.15, 0.2) is 0 Å². The highest BCUT2D eigenvalue weighted by Crippen LogP contribution is 2.46. The van der Waals surface area contributed by atoms with Crippen LogP contribution in [0.3, 0.4) is 0 Å². The first-order chi connectivity index (χ1) is 6.02. The maximum Gasteiger partial charge on any atom is 0.0210 e. The number of rotatable bonds is 1. The van der Waals surface area contributed by atoms with Crippen LogP contribution in [0.2, 0.25) is 0 Å². The zero-order valence-electron chi connectivity index (χ0n) is 9.40. The van der Waals surface area contributed by atoms with E-state index in [1.54, 1.807) is 0 Å². The van der Waals surface area contributed by atoms with Gasteiger partial charge in [0.1, 0.15) is 0 Å². The predicted octanol–water partition coefficient (Wildman–Crippen LogP) is 3.05. The molecule has 0 radical (unpaired) electrons. The Bertz CT molecular complexity index is 186. The molecular formula is C12H23N. The van der Waals surface area contributed by atoms with Gasteiger partial charge in [-0.25, -0.2) is 0 Å². The third-order valence-electron chi connectivity index (χ3n) is 3.69. The molecule has 2 fully saturated rings. The van der Waals surface area contributed by atoms with Crippen molar-refractivity contribution in [1.29, 1.82) is 0 Å². The fourth-order valence-electron chi connectivity index (χ4n) is 2.96. The molecule has 2 aliphatic rings. The molecule has 0 N–H and O–H groups in total. The van der Waals surface area contributed by atoms with E-state index in [0.29, 0.717) is 11.0 Å². The van der Waals surface area contributed by atoms with E-state index >= 15 is 0 Å². The molecule has 1 nitrogen and oxygen atoms in total. The summed E-state index contributed by atoms with van der Waals surface area (Å²) in [6.45, 7) is 9.73. The second-order valence-electron chi connectivity index (χ2n) is 6.16. The van der Waals surface area contributed by atoms with Crippen LogP contribution >= 0.6 is 0 Å². The van der Waals surface area contributed by atoms with Crippen molar-refractivity contribution >= 4 is 0 Å². The number of nitrogens with zero attached hydrogens (tertiary/aromatic N) is 1. The lowest BCUT2D eigenvalue weighted by Crippen LogP contribution is -2.51. The van der Waals surface area contributed by atoms with E-state index in [-0.39, 0.29) is 0 Å². The SMILES string of the molecule is CC(C)(C)CN1CCCC12CCC2. The van der Waals surface area contributed by atoms with Gasteiger partial charge in [-0.2, -0.15) is 0 Å². The van der Waals surface area contributed by atoms with Gasteiger partial charge in [0, 0.05) is 12.1 Å². The summed E-state index contributed by atoms with van der Waals surface area (Å²) < 4.78 is 0. The van der Waals surface area contributed by atoms with Gasteiger partial charge in [-0.1, -0.05) is 20.8 Å². The zero-order valence-corrected chi connectivity index (χ0v) is 9.40. The normalized spacial score (nSPS) is 27.9. The van der Waals surface area contributed by atoms with Gasteiger partial charge in [-0.05, 0) is 44.1 Å². The van der Waals surface area contributed by atoms with Crippen molar-refractivity contribution in [3.63, 3.8) is 0 Å². The van der Waals surface area contributed by atoms with Crippen molar-refractivity contribution in [3.05, 3.63) is 0 Å². The van der Waals surface area contributed by atoms with Crippen molar-refractivity contribution in [2.75, 3.05) is 13.1 Å². The summed E-state index contributed by atoms with van der Waals surface area (Å²) in [6.07, 6.45) is 7.34. The number of hydrogen-bond donors (Lipinski definition) is 0. The van der Waals surface area contributed by atoms with Gasteiger partial charge in [-0.3, -0.25) is 4.90 Å². The van der Waals surface area contributed by atoms with Gasteiger partial charge in [0.05, 0.1) is 0 Å². The molecule has 0 aromatic carbocycles. The Hall–Kier alpha value is -0.0400. The van der Waals surface area contributed by atoms with Gasteiger partial charge < -0.3 is 0 Å². The molecule has 13 heavy (non-hydrogen) atoms. The monoisotopic (exact) mass is 181 g/mol. The van der Waals surface area contributed by atoms with Gasteiger partial charge in [0.25, 0.3) is 0 Å². The molecule has 0 aromatic heterocycles. The van der Waals surface area contributed by atoms with Gasteiger partial charge in [0.2, 0.25) is 0 Å². The lowest BCUT2D eigenvalue weighted by molar-refractivity contribution is 0.0306. The quantitative estimate of drug-likeness (QED) is 0.601. The molecule has 1 saturated carbocycles. The summed E-state index contributed by atoms with van der Waals surface area (Å²) in [5.41, 5.74) is 1.15. The zero-order chi connectivity index (χ0) is 9.53. The van der Waals surface area contributed by atoms with Gasteiger partial charge in [-0.15, -0.1) is 0 Å². The number of hydrogen-bond acceptors (Lipinski definition) is 1. The average molecular weight is 181 g/mol. The molecule has 76 valence electrons. The lowest BCUT2D eigenvalue weighted by Gasteiger charge is -2.48. The second-order valence-corrected chi connectivity index (χ2v) is 6.16. The van der Waals surface area contributed by atoms with Crippen molar-refractivity contribution in [1.82, 2.24) is 4.90 Å². The van der Waals surface area contributed by atoms with Crippen LogP contribution in [0.5, 0.6) is 0 Å². The Kier molecular flexibility index (Phi) is 2.18. The maximum atomic E-state index is 2.77. The molecule has 1 saturated heterocycles. The molecule has 1 aliphatic carbocycles. The standard InChI is InChI=1S/C12H23N/c1-11(2,3)10-13-9-5-8-12(13)6-4-7-12/h4-10H2,1-3H3. The van der Waals surface area contributed by atoms with Crippen molar-refractivity contribution in [3.8, 4) is 0 Å². The third kappa shape index (κ3) is 1.76. The molecule has 0 amide bonds. The fourth-order valence-corrected chi connectivity index (χ4v) is 2.96. The molecule has 1 spiro atoms. The topological polar surface area (TPSA) is 3.24 Å². The van der Waals surface area contributed by atoms with E-state index in [1.165, 1.54) is 45.2 Å². The molecule has 0 bridgehead atoms. The fraction of sp³-hybridized carbons (Fsp3) is 1.00. The van der Waals surface area contributed by atoms with Gasteiger partial charge >= 0.3 is 0 Å². The third-order valence-corrected chi connectivity index (χ3v) is 3.69. The highest BCUT2D eigenvalue weighted by molar-refractivity contribution is 5.02. The van der Waals surface area contributed by atoms with E-state index < -0.39 is 0 Å². The molecule has 1 heterocycles. The van der Waals surface area contributed by atoms with E-state index in [2.05, 4.69) is 25.7 Å². The van der Waals surface area contributed by atoms with E-state index in [0.717, 1.165) is 0 Å². The van der Waals surface area contributed by atoms with Crippen LogP contribution in [0, 0.1) is 5.41 Å². The van der Waals surface area contributed by atoms with Crippen molar-refractivity contribution in [2.45, 2.75) is 58.4 Å². The molecule has 2 rings (SSSR count). The van der Waals surface area contributed by atoms with Crippen LogP contribution in [0.1, 0.15) is 52.9 Å². The van der Waals surface area contributed by atoms with Crippen LogP contribution in [0.4, 0.5) is 0 Å². The smallest absolute Gasteiger partial charge is 0.0210 e. The van der Waals surface area contributed by atoms with Crippen LogP contribution < -0.4 is 0 Å². The predicted molar refractivity (Wildman–Crippen MR) is 56.8 cm³/mol. The minimum atomic E-state index is 0.479. The Balaban J connectivity index is 1.98. The first-order valence-electron chi connectivity index (χ1n) is 5.77. The molecule has 0 aromatic rings. The van der Waals surface area contributed by atoms with Crippen LogP contribution in [-0.4, -0.2) is 23.5 Å². The molecule has 1 heteroatoms. The molecule has 0 unspecified atom stereocenters. The maximum absolute atomic E-state index is 2.77. The molecular weight excluding hydrogens is 158 g/mol. The minimum Gasteiger partial charge on any atom is -0.297 e. The lowest BCUT2D eigenvalue weighted by atomic mass is 9.74. The average Bonchev–Trinajstić information content (AvgIpc) is 2.25. The summed E-state index contributed by atoms with van der Waals surface area (Å²) in [5, 5.41) is 0.